The molecule has 0 unspecified atom stereocenters. The van der Waals surface area contributed by atoms with Crippen molar-refractivity contribution >= 4 is 11.0 Å². The molecule has 0 saturated carbocycles. The van der Waals surface area contributed by atoms with Crippen molar-refractivity contribution in [2.75, 3.05) is 0 Å². The van der Waals surface area contributed by atoms with Crippen LogP contribution in [-0.2, 0) is 6.54 Å². The van der Waals surface area contributed by atoms with Crippen LogP contribution < -0.4 is 5.56 Å². The predicted molar refractivity (Wildman–Crippen MR) is 107 cm³/mol. The summed E-state index contributed by atoms with van der Waals surface area (Å²) in [6.07, 6.45) is 1.43. The van der Waals surface area contributed by atoms with Crippen molar-refractivity contribution in [3.8, 4) is 22.7 Å². The van der Waals surface area contributed by atoms with Gasteiger partial charge in [-0.1, -0.05) is 23.4 Å². The average Bonchev–Trinajstić information content (AvgIpc) is 3.36. The van der Waals surface area contributed by atoms with E-state index in [1.807, 2.05) is 30.3 Å². The molecule has 0 bridgehead atoms. The highest BCUT2D eigenvalue weighted by molar-refractivity contribution is 5.90. The number of hydrogen-bond donors (Lipinski definition) is 0. The normalized spacial score (nSPS) is 11.3. The number of aromatic nitrogens is 4. The van der Waals surface area contributed by atoms with Gasteiger partial charge >= 0.3 is 0 Å². The van der Waals surface area contributed by atoms with E-state index < -0.39 is 0 Å². The van der Waals surface area contributed by atoms with Crippen molar-refractivity contribution < 1.29 is 13.3 Å². The quantitative estimate of drug-likeness (QED) is 0.448. The molecular formula is C22H15FN4O3. The zero-order valence-corrected chi connectivity index (χ0v) is 15.9. The summed E-state index contributed by atoms with van der Waals surface area (Å²) in [6.45, 7) is 1.92. The Hall–Kier alpha value is -4.07. The highest BCUT2D eigenvalue weighted by Crippen LogP contribution is 2.26. The monoisotopic (exact) mass is 402 g/mol. The van der Waals surface area contributed by atoms with Gasteiger partial charge in [-0.05, 0) is 43.3 Å². The summed E-state index contributed by atoms with van der Waals surface area (Å²) in [5.41, 5.74) is 2.25. The molecule has 0 radical (unpaired) electrons. The van der Waals surface area contributed by atoms with E-state index in [0.717, 1.165) is 5.56 Å². The van der Waals surface area contributed by atoms with Crippen molar-refractivity contribution in [3.05, 3.63) is 88.4 Å². The van der Waals surface area contributed by atoms with Crippen LogP contribution in [0, 0.1) is 12.7 Å². The second-order valence-electron chi connectivity index (χ2n) is 6.77. The molecule has 0 N–H and O–H groups in total. The molecule has 3 aromatic heterocycles. The van der Waals surface area contributed by atoms with Gasteiger partial charge in [-0.15, -0.1) is 0 Å². The lowest BCUT2D eigenvalue weighted by Crippen LogP contribution is -2.23. The van der Waals surface area contributed by atoms with Gasteiger partial charge in [0.1, 0.15) is 28.4 Å². The van der Waals surface area contributed by atoms with Crippen molar-refractivity contribution in [1.82, 2.24) is 19.9 Å². The van der Waals surface area contributed by atoms with Gasteiger partial charge < -0.3 is 8.94 Å². The molecule has 5 aromatic rings. The molecule has 8 heteroatoms. The van der Waals surface area contributed by atoms with E-state index in [9.17, 15) is 9.18 Å². The van der Waals surface area contributed by atoms with Crippen molar-refractivity contribution in [3.63, 3.8) is 0 Å². The molecule has 0 spiro atoms. The summed E-state index contributed by atoms with van der Waals surface area (Å²) in [5.74, 6) is 0.710. The minimum atomic E-state index is -0.378. The molecule has 148 valence electrons. The van der Waals surface area contributed by atoms with E-state index in [4.69, 9.17) is 8.94 Å². The fraction of sp³-hybridized carbons (Fsp3) is 0.0909. The van der Waals surface area contributed by atoms with Crippen LogP contribution in [0.25, 0.3) is 33.7 Å². The van der Waals surface area contributed by atoms with Crippen LogP contribution >= 0.6 is 0 Å². The Morgan fingerprint density at radius 2 is 1.80 bits per heavy atom. The Labute approximate surface area is 169 Å². The number of rotatable bonds is 4. The molecule has 0 saturated heterocycles. The zero-order valence-electron chi connectivity index (χ0n) is 15.9. The molecular weight excluding hydrogens is 387 g/mol. The highest BCUT2D eigenvalue weighted by Gasteiger charge is 2.19. The van der Waals surface area contributed by atoms with E-state index in [2.05, 4.69) is 15.2 Å². The predicted octanol–water partition coefficient (Wildman–Crippen LogP) is 4.20. The molecule has 0 aliphatic rings. The standard InChI is InChI=1S/C22H15FN4O3/c1-13-17(25-21(29-13)15-5-3-2-4-6-15)12-27-22(28)19-18(11-24-27)30-26-20(19)14-7-9-16(23)10-8-14/h2-11H,12H2,1H3. The van der Waals surface area contributed by atoms with E-state index in [-0.39, 0.29) is 28.9 Å². The Morgan fingerprint density at radius 3 is 2.57 bits per heavy atom. The third-order valence-electron chi connectivity index (χ3n) is 4.81. The van der Waals surface area contributed by atoms with Crippen LogP contribution in [0.5, 0.6) is 0 Å². The number of nitrogens with zero attached hydrogens (tertiary/aromatic N) is 4. The molecule has 2 aromatic carbocycles. The van der Waals surface area contributed by atoms with E-state index in [1.54, 1.807) is 19.1 Å². The van der Waals surface area contributed by atoms with Crippen LogP contribution in [0.4, 0.5) is 4.39 Å². The first kappa shape index (κ1) is 18.0. The maximum atomic E-state index is 13.3. The van der Waals surface area contributed by atoms with Crippen molar-refractivity contribution in [2.24, 2.45) is 0 Å². The Kier molecular flexibility index (Phi) is 4.24. The topological polar surface area (TPSA) is 86.9 Å². The zero-order chi connectivity index (χ0) is 20.7. The molecule has 0 aliphatic heterocycles. The van der Waals surface area contributed by atoms with Crippen LogP contribution in [0.15, 0.2) is 74.5 Å². The van der Waals surface area contributed by atoms with Crippen molar-refractivity contribution in [1.29, 1.82) is 0 Å². The van der Waals surface area contributed by atoms with E-state index in [0.29, 0.717) is 28.6 Å². The van der Waals surface area contributed by atoms with Gasteiger partial charge in [0, 0.05) is 11.1 Å². The van der Waals surface area contributed by atoms with Gasteiger partial charge in [0.05, 0.1) is 12.7 Å². The van der Waals surface area contributed by atoms with Gasteiger partial charge in [-0.2, -0.15) is 5.10 Å². The summed E-state index contributed by atoms with van der Waals surface area (Å²) in [7, 11) is 0. The summed E-state index contributed by atoms with van der Waals surface area (Å²) in [6, 6.07) is 15.2. The SMILES string of the molecule is Cc1oc(-c2ccccc2)nc1Cn1ncc2onc(-c3ccc(F)cc3)c2c1=O. The van der Waals surface area contributed by atoms with Gasteiger partial charge in [-0.3, -0.25) is 4.79 Å². The van der Waals surface area contributed by atoms with Crippen LogP contribution in [0.1, 0.15) is 11.5 Å². The average molecular weight is 402 g/mol. The van der Waals surface area contributed by atoms with Gasteiger partial charge in [-0.25, -0.2) is 14.1 Å². The molecule has 0 fully saturated rings. The Balaban J connectivity index is 1.55. The summed E-state index contributed by atoms with van der Waals surface area (Å²) in [4.78, 5) is 17.6. The van der Waals surface area contributed by atoms with Gasteiger partial charge in [0.15, 0.2) is 5.58 Å². The van der Waals surface area contributed by atoms with E-state index in [1.165, 1.54) is 23.0 Å². The van der Waals surface area contributed by atoms with Crippen LogP contribution in [-0.4, -0.2) is 19.9 Å². The third-order valence-corrected chi connectivity index (χ3v) is 4.81. The number of fused-ring (bicyclic) bond motifs is 1. The molecule has 0 aliphatic carbocycles. The second-order valence-corrected chi connectivity index (χ2v) is 6.77. The van der Waals surface area contributed by atoms with Crippen molar-refractivity contribution in [2.45, 2.75) is 13.5 Å². The Morgan fingerprint density at radius 1 is 1.03 bits per heavy atom. The number of hydrogen-bond acceptors (Lipinski definition) is 6. The first-order chi connectivity index (χ1) is 14.6. The fourth-order valence-electron chi connectivity index (χ4n) is 3.24. The number of halogens is 1. The Bertz CT molecular complexity index is 1400. The fourth-order valence-corrected chi connectivity index (χ4v) is 3.24. The number of oxazole rings is 1. The molecule has 3 heterocycles. The summed E-state index contributed by atoms with van der Waals surface area (Å²) in [5, 5.41) is 8.43. The summed E-state index contributed by atoms with van der Waals surface area (Å²) < 4.78 is 25.6. The minimum Gasteiger partial charge on any atom is -0.441 e. The first-order valence-electron chi connectivity index (χ1n) is 9.23. The first-order valence-corrected chi connectivity index (χ1v) is 9.23. The largest absolute Gasteiger partial charge is 0.441 e. The minimum absolute atomic E-state index is 0.130. The maximum Gasteiger partial charge on any atom is 0.280 e. The van der Waals surface area contributed by atoms with Gasteiger partial charge in [0.2, 0.25) is 5.89 Å². The van der Waals surface area contributed by atoms with Crippen LogP contribution in [0.2, 0.25) is 0 Å². The molecule has 0 amide bonds. The smallest absolute Gasteiger partial charge is 0.280 e. The molecule has 5 rings (SSSR count). The lowest BCUT2D eigenvalue weighted by Gasteiger charge is -2.02. The lowest BCUT2D eigenvalue weighted by molar-refractivity contribution is 0.456. The van der Waals surface area contributed by atoms with E-state index >= 15 is 0 Å². The molecule has 7 nitrogen and oxygen atoms in total. The maximum absolute atomic E-state index is 13.3. The summed E-state index contributed by atoms with van der Waals surface area (Å²) >= 11 is 0. The third kappa shape index (κ3) is 3.08. The molecule has 30 heavy (non-hydrogen) atoms. The second kappa shape index (κ2) is 7.07. The van der Waals surface area contributed by atoms with Gasteiger partial charge in [0.25, 0.3) is 5.56 Å². The lowest BCUT2D eigenvalue weighted by atomic mass is 10.1. The number of aryl methyl sites for hydroxylation is 1. The highest BCUT2D eigenvalue weighted by atomic mass is 19.1. The molecule has 0 atom stereocenters. The number of benzene rings is 2. The van der Waals surface area contributed by atoms with Crippen LogP contribution in [0.3, 0.4) is 0 Å².